The van der Waals surface area contributed by atoms with Crippen molar-refractivity contribution in [3.63, 3.8) is 0 Å². The van der Waals surface area contributed by atoms with Crippen LogP contribution in [-0.4, -0.2) is 39.3 Å². The molecule has 0 aliphatic heterocycles. The lowest BCUT2D eigenvalue weighted by molar-refractivity contribution is 0.537. The largest absolute Gasteiger partial charge is 0.317 e. The van der Waals surface area contributed by atoms with E-state index in [1.807, 2.05) is 0 Å². The minimum atomic E-state index is 0.928. The first-order valence-corrected chi connectivity index (χ1v) is 16.5. The van der Waals surface area contributed by atoms with Gasteiger partial charge >= 0.3 is 0 Å². The van der Waals surface area contributed by atoms with Gasteiger partial charge in [-0.25, -0.2) is 0 Å². The van der Waals surface area contributed by atoms with Crippen LogP contribution in [0.3, 0.4) is 0 Å². The van der Waals surface area contributed by atoms with Crippen molar-refractivity contribution in [3.8, 4) is 22.3 Å². The molecular formula is C39H52N4. The van der Waals surface area contributed by atoms with E-state index < -0.39 is 0 Å². The van der Waals surface area contributed by atoms with E-state index >= 15 is 0 Å². The summed E-state index contributed by atoms with van der Waals surface area (Å²) in [6.45, 7) is 8.42. The Morgan fingerprint density at radius 2 is 0.674 bits per heavy atom. The van der Waals surface area contributed by atoms with Crippen LogP contribution in [0.2, 0.25) is 0 Å². The number of benzene rings is 4. The number of rotatable bonds is 22. The quantitative estimate of drug-likeness (QED) is 0.0721. The molecule has 43 heavy (non-hydrogen) atoms. The molecule has 0 aliphatic carbocycles. The van der Waals surface area contributed by atoms with E-state index in [9.17, 15) is 0 Å². The van der Waals surface area contributed by atoms with Crippen LogP contribution >= 0.6 is 0 Å². The molecule has 0 saturated carbocycles. The van der Waals surface area contributed by atoms with Crippen molar-refractivity contribution in [2.45, 2.75) is 58.0 Å². The summed E-state index contributed by atoms with van der Waals surface area (Å²) in [6.07, 6.45) is 8.91. The number of hydrogen-bond acceptors (Lipinski definition) is 4. The van der Waals surface area contributed by atoms with Gasteiger partial charge in [0.05, 0.1) is 0 Å². The molecule has 0 radical (unpaired) electrons. The molecule has 4 heteroatoms. The molecule has 4 nitrogen and oxygen atoms in total. The second kappa shape index (κ2) is 20.6. The second-order valence-corrected chi connectivity index (χ2v) is 11.5. The smallest absolute Gasteiger partial charge is 0.0205 e. The molecule has 0 saturated heterocycles. The first kappa shape index (κ1) is 32.6. The fraction of sp³-hybridized carbons (Fsp3) is 0.385. The summed E-state index contributed by atoms with van der Waals surface area (Å²) < 4.78 is 0. The van der Waals surface area contributed by atoms with Gasteiger partial charge in [0.25, 0.3) is 0 Å². The Morgan fingerprint density at radius 3 is 1.14 bits per heavy atom. The van der Waals surface area contributed by atoms with E-state index in [4.69, 9.17) is 0 Å². The van der Waals surface area contributed by atoms with Crippen molar-refractivity contribution >= 4 is 0 Å². The van der Waals surface area contributed by atoms with Crippen LogP contribution in [0.25, 0.3) is 22.3 Å². The molecule has 0 amide bonds. The third-order valence-electron chi connectivity index (χ3n) is 7.85. The number of nitrogens with one attached hydrogen (secondary N) is 4. The summed E-state index contributed by atoms with van der Waals surface area (Å²) in [5, 5.41) is 14.4. The lowest BCUT2D eigenvalue weighted by atomic mass is 10.0. The molecular weight excluding hydrogens is 524 g/mol. The highest BCUT2D eigenvalue weighted by Gasteiger charge is 2.00. The normalized spacial score (nSPS) is 11.2. The highest BCUT2D eigenvalue weighted by Crippen LogP contribution is 2.21. The zero-order valence-electron chi connectivity index (χ0n) is 26.0. The van der Waals surface area contributed by atoms with Crippen LogP contribution in [0, 0.1) is 0 Å². The van der Waals surface area contributed by atoms with Crippen LogP contribution in [0.15, 0.2) is 109 Å². The van der Waals surface area contributed by atoms with Gasteiger partial charge in [-0.2, -0.15) is 0 Å². The zero-order chi connectivity index (χ0) is 29.6. The van der Waals surface area contributed by atoms with Crippen LogP contribution in [0.1, 0.15) is 56.1 Å². The summed E-state index contributed by atoms with van der Waals surface area (Å²) in [7, 11) is 0. The zero-order valence-corrected chi connectivity index (χ0v) is 26.0. The summed E-state index contributed by atoms with van der Waals surface area (Å²) in [6, 6.07) is 38.9. The first-order chi connectivity index (χ1) is 21.4. The Morgan fingerprint density at radius 1 is 0.302 bits per heavy atom. The molecule has 0 unspecified atom stereocenters. The van der Waals surface area contributed by atoms with Gasteiger partial charge in [-0.3, -0.25) is 0 Å². The van der Waals surface area contributed by atoms with Gasteiger partial charge in [-0.15, -0.1) is 0 Å². The topological polar surface area (TPSA) is 48.1 Å². The molecule has 4 N–H and O–H groups in total. The maximum absolute atomic E-state index is 3.61. The molecule has 0 bridgehead atoms. The summed E-state index contributed by atoms with van der Waals surface area (Å²) >= 11 is 0. The molecule has 228 valence electrons. The van der Waals surface area contributed by atoms with Crippen molar-refractivity contribution in [1.29, 1.82) is 0 Å². The lowest BCUT2D eigenvalue weighted by Crippen LogP contribution is -2.22. The standard InChI is InChI=1S/C39H52N4/c1(2-10-24-40-26-14-28-42-32-34-16-12-22-38(30-34)36-18-6-4-7-19-36)3-11-25-41-27-15-29-43-33-35-17-13-23-39(31-35)37-20-8-5-9-21-37/h4-9,12-13,16-23,30-31,40-43H,1-3,10-11,14-15,24-29,32-33H2. The average molecular weight is 577 g/mol. The Kier molecular flexibility index (Phi) is 15.6. The Bertz CT molecular complexity index is 1160. The minimum Gasteiger partial charge on any atom is -0.317 e. The molecule has 0 fully saturated rings. The second-order valence-electron chi connectivity index (χ2n) is 11.5. The molecule has 0 aliphatic rings. The van der Waals surface area contributed by atoms with Gasteiger partial charge in [0.15, 0.2) is 0 Å². The third-order valence-corrected chi connectivity index (χ3v) is 7.85. The van der Waals surface area contributed by atoms with E-state index in [1.54, 1.807) is 0 Å². The van der Waals surface area contributed by atoms with Gasteiger partial charge in [0.2, 0.25) is 0 Å². The van der Waals surface area contributed by atoms with Gasteiger partial charge in [0, 0.05) is 13.1 Å². The minimum absolute atomic E-state index is 0.928. The third kappa shape index (κ3) is 13.3. The summed E-state index contributed by atoms with van der Waals surface area (Å²) in [4.78, 5) is 0. The van der Waals surface area contributed by atoms with Crippen molar-refractivity contribution < 1.29 is 0 Å². The maximum Gasteiger partial charge on any atom is 0.0205 e. The molecule has 0 atom stereocenters. The average Bonchev–Trinajstić information content (AvgIpc) is 3.07. The monoisotopic (exact) mass is 576 g/mol. The van der Waals surface area contributed by atoms with Crippen LogP contribution in [-0.2, 0) is 13.1 Å². The van der Waals surface area contributed by atoms with Crippen molar-refractivity contribution in [2.24, 2.45) is 0 Å². The van der Waals surface area contributed by atoms with Crippen molar-refractivity contribution in [1.82, 2.24) is 21.3 Å². The Hall–Kier alpha value is -3.28. The van der Waals surface area contributed by atoms with E-state index in [-0.39, 0.29) is 0 Å². The predicted molar refractivity (Wildman–Crippen MR) is 185 cm³/mol. The highest BCUT2D eigenvalue weighted by atomic mass is 14.9. The van der Waals surface area contributed by atoms with Gasteiger partial charge in [0.1, 0.15) is 0 Å². The Balaban J connectivity index is 0.886. The molecule has 4 rings (SSSR count). The van der Waals surface area contributed by atoms with Crippen LogP contribution < -0.4 is 21.3 Å². The lowest BCUT2D eigenvalue weighted by Gasteiger charge is -2.09. The van der Waals surface area contributed by atoms with Crippen molar-refractivity contribution in [2.75, 3.05) is 39.3 Å². The van der Waals surface area contributed by atoms with Crippen molar-refractivity contribution in [3.05, 3.63) is 120 Å². The van der Waals surface area contributed by atoms with E-state index in [1.165, 1.54) is 78.3 Å². The first-order valence-electron chi connectivity index (χ1n) is 16.5. The molecule has 0 spiro atoms. The predicted octanol–water partition coefficient (Wildman–Crippen LogP) is 7.81. The van der Waals surface area contributed by atoms with Gasteiger partial charge in [-0.05, 0) is 110 Å². The van der Waals surface area contributed by atoms with E-state index in [0.29, 0.717) is 0 Å². The highest BCUT2D eigenvalue weighted by molar-refractivity contribution is 5.64. The van der Waals surface area contributed by atoms with Gasteiger partial charge in [-0.1, -0.05) is 116 Å². The Labute approximate surface area is 260 Å². The molecule has 4 aromatic carbocycles. The molecule has 4 aromatic rings. The fourth-order valence-electron chi connectivity index (χ4n) is 5.41. The fourth-order valence-corrected chi connectivity index (χ4v) is 5.41. The van der Waals surface area contributed by atoms with E-state index in [0.717, 1.165) is 52.4 Å². The number of hydrogen-bond donors (Lipinski definition) is 4. The number of unbranched alkanes of at least 4 members (excludes halogenated alkanes) is 4. The van der Waals surface area contributed by atoms with Crippen LogP contribution in [0.5, 0.6) is 0 Å². The maximum atomic E-state index is 3.61. The molecule has 0 aromatic heterocycles. The summed E-state index contributed by atoms with van der Waals surface area (Å²) in [5.41, 5.74) is 7.83. The van der Waals surface area contributed by atoms with Gasteiger partial charge < -0.3 is 21.3 Å². The molecule has 0 heterocycles. The summed E-state index contributed by atoms with van der Waals surface area (Å²) in [5.74, 6) is 0. The van der Waals surface area contributed by atoms with E-state index in [2.05, 4.69) is 130 Å². The van der Waals surface area contributed by atoms with Crippen LogP contribution in [0.4, 0.5) is 0 Å². The SMILES string of the molecule is c1ccc(-c2cccc(CNCCCNCCCCCCCNCCCNCc3cccc(-c4ccccc4)c3)c2)cc1.